The molecule has 1 heterocycles. The Morgan fingerprint density at radius 3 is 2.69 bits per heavy atom. The van der Waals surface area contributed by atoms with E-state index in [2.05, 4.69) is 27.2 Å². The van der Waals surface area contributed by atoms with Crippen molar-refractivity contribution in [2.24, 2.45) is 0 Å². The van der Waals surface area contributed by atoms with Crippen LogP contribution in [0.3, 0.4) is 0 Å². The molecule has 0 aromatic carbocycles. The van der Waals surface area contributed by atoms with Crippen molar-refractivity contribution in [1.82, 2.24) is 20.2 Å². The van der Waals surface area contributed by atoms with Gasteiger partial charge in [0.15, 0.2) is 0 Å². The minimum absolute atomic E-state index is 0.808. The number of nitrogens with one attached hydrogen (secondary N) is 1. The Hall–Kier alpha value is -1.00. The molecule has 4 heteroatoms. The summed E-state index contributed by atoms with van der Waals surface area (Å²) in [4.78, 5) is 10.5. The third kappa shape index (κ3) is 3.96. The van der Waals surface area contributed by atoms with Gasteiger partial charge in [-0.05, 0) is 20.2 Å². The first-order valence-electron chi connectivity index (χ1n) is 4.42. The highest BCUT2D eigenvalue weighted by Gasteiger charge is 2.00. The van der Waals surface area contributed by atoms with E-state index in [1.165, 1.54) is 0 Å². The van der Waals surface area contributed by atoms with E-state index in [0.29, 0.717) is 0 Å². The van der Waals surface area contributed by atoms with Crippen LogP contribution in [0.1, 0.15) is 5.82 Å². The molecule has 1 N–H and O–H groups in total. The fourth-order valence-electron chi connectivity index (χ4n) is 1.03. The Morgan fingerprint density at radius 2 is 2.08 bits per heavy atom. The van der Waals surface area contributed by atoms with Crippen LogP contribution in [0.2, 0.25) is 0 Å². The molecule has 0 aliphatic rings. The third-order valence-electron chi connectivity index (χ3n) is 1.77. The molecule has 0 aliphatic carbocycles. The van der Waals surface area contributed by atoms with Crippen LogP contribution in [0.15, 0.2) is 18.5 Å². The number of hydrogen-bond donors (Lipinski definition) is 1. The average Bonchev–Trinajstić information content (AvgIpc) is 2.16. The van der Waals surface area contributed by atoms with Crippen molar-refractivity contribution in [1.29, 1.82) is 0 Å². The van der Waals surface area contributed by atoms with Crippen molar-refractivity contribution in [3.05, 3.63) is 24.3 Å². The predicted molar refractivity (Wildman–Crippen MR) is 52.3 cm³/mol. The molecule has 0 unspecified atom stereocenters. The molecule has 0 saturated carbocycles. The lowest BCUT2D eigenvalue weighted by Crippen LogP contribution is -2.27. The Kier molecular flexibility index (Phi) is 4.35. The van der Waals surface area contributed by atoms with E-state index in [1.807, 2.05) is 13.1 Å². The van der Waals surface area contributed by atoms with Gasteiger partial charge in [0.05, 0.1) is 6.54 Å². The molecule has 0 saturated heterocycles. The Morgan fingerprint density at radius 1 is 1.38 bits per heavy atom. The molecular formula is C9H16N4. The monoisotopic (exact) mass is 180 g/mol. The average molecular weight is 180 g/mol. The van der Waals surface area contributed by atoms with Gasteiger partial charge >= 0.3 is 0 Å². The zero-order valence-corrected chi connectivity index (χ0v) is 8.20. The normalized spacial score (nSPS) is 10.7. The number of likely N-dealkylation sites (N-methyl/N-ethyl adjacent to an activating group) is 2. The summed E-state index contributed by atoms with van der Waals surface area (Å²) in [6, 6.07) is 1.83. The Bertz CT molecular complexity index is 224. The zero-order valence-electron chi connectivity index (χ0n) is 8.20. The van der Waals surface area contributed by atoms with Crippen molar-refractivity contribution < 1.29 is 0 Å². The lowest BCUT2D eigenvalue weighted by atomic mass is 10.4. The van der Waals surface area contributed by atoms with Gasteiger partial charge in [-0.2, -0.15) is 0 Å². The number of hydrogen-bond acceptors (Lipinski definition) is 4. The number of nitrogens with zero attached hydrogens (tertiary/aromatic N) is 3. The topological polar surface area (TPSA) is 41.0 Å². The molecule has 0 atom stereocenters. The second kappa shape index (κ2) is 5.61. The largest absolute Gasteiger partial charge is 0.318 e. The summed E-state index contributed by atoms with van der Waals surface area (Å²) in [5.41, 5.74) is 0. The summed E-state index contributed by atoms with van der Waals surface area (Å²) in [5, 5.41) is 3.10. The lowest BCUT2D eigenvalue weighted by molar-refractivity contribution is 0.320. The maximum atomic E-state index is 4.15. The molecule has 1 aromatic rings. The van der Waals surface area contributed by atoms with E-state index >= 15 is 0 Å². The molecule has 1 rings (SSSR count). The van der Waals surface area contributed by atoms with E-state index in [4.69, 9.17) is 0 Å². The molecule has 0 aliphatic heterocycles. The number of aromatic nitrogens is 2. The van der Waals surface area contributed by atoms with E-state index < -0.39 is 0 Å². The summed E-state index contributed by atoms with van der Waals surface area (Å²) < 4.78 is 0. The molecule has 0 amide bonds. The summed E-state index contributed by atoms with van der Waals surface area (Å²) in [5.74, 6) is 0.876. The van der Waals surface area contributed by atoms with Gasteiger partial charge < -0.3 is 5.32 Å². The minimum Gasteiger partial charge on any atom is -0.318 e. The van der Waals surface area contributed by atoms with Crippen LogP contribution in [-0.4, -0.2) is 42.1 Å². The van der Waals surface area contributed by atoms with Crippen molar-refractivity contribution in [2.45, 2.75) is 6.54 Å². The summed E-state index contributed by atoms with van der Waals surface area (Å²) in [6.07, 6.45) is 3.54. The molecule has 0 spiro atoms. The summed E-state index contributed by atoms with van der Waals surface area (Å²) >= 11 is 0. The smallest absolute Gasteiger partial charge is 0.142 e. The summed E-state index contributed by atoms with van der Waals surface area (Å²) in [7, 11) is 4.01. The van der Waals surface area contributed by atoms with Crippen LogP contribution in [0.5, 0.6) is 0 Å². The highest BCUT2D eigenvalue weighted by Crippen LogP contribution is 1.93. The maximum absolute atomic E-state index is 4.15. The first kappa shape index (κ1) is 10.1. The lowest BCUT2D eigenvalue weighted by Gasteiger charge is -2.14. The molecular weight excluding hydrogens is 164 g/mol. The highest BCUT2D eigenvalue weighted by molar-refractivity contribution is 4.87. The van der Waals surface area contributed by atoms with Crippen LogP contribution in [0.4, 0.5) is 0 Å². The molecule has 0 radical (unpaired) electrons. The van der Waals surface area contributed by atoms with Gasteiger partial charge in [-0.3, -0.25) is 4.90 Å². The maximum Gasteiger partial charge on any atom is 0.142 e. The van der Waals surface area contributed by atoms with Crippen LogP contribution < -0.4 is 5.32 Å². The van der Waals surface area contributed by atoms with E-state index in [-0.39, 0.29) is 0 Å². The third-order valence-corrected chi connectivity index (χ3v) is 1.77. The fraction of sp³-hybridized carbons (Fsp3) is 0.556. The van der Waals surface area contributed by atoms with Gasteiger partial charge in [0, 0.05) is 25.5 Å². The Labute approximate surface area is 79.0 Å². The molecule has 13 heavy (non-hydrogen) atoms. The van der Waals surface area contributed by atoms with Crippen LogP contribution in [-0.2, 0) is 6.54 Å². The second-order valence-electron chi connectivity index (χ2n) is 3.01. The van der Waals surface area contributed by atoms with E-state index in [9.17, 15) is 0 Å². The van der Waals surface area contributed by atoms with Crippen molar-refractivity contribution in [3.8, 4) is 0 Å². The van der Waals surface area contributed by atoms with Gasteiger partial charge in [0.1, 0.15) is 5.82 Å². The van der Waals surface area contributed by atoms with Gasteiger partial charge in [-0.15, -0.1) is 0 Å². The summed E-state index contributed by atoms with van der Waals surface area (Å²) in [6.45, 7) is 2.81. The van der Waals surface area contributed by atoms with Gasteiger partial charge in [-0.25, -0.2) is 9.97 Å². The standard InChI is InChI=1S/C9H16N4/c1-10-6-7-13(2)8-9-11-4-3-5-12-9/h3-5,10H,6-8H2,1-2H3. The van der Waals surface area contributed by atoms with Gasteiger partial charge in [-0.1, -0.05) is 0 Å². The molecule has 72 valence electrons. The van der Waals surface area contributed by atoms with Crippen molar-refractivity contribution >= 4 is 0 Å². The predicted octanol–water partition coefficient (Wildman–Crippen LogP) is 0.128. The second-order valence-corrected chi connectivity index (χ2v) is 3.01. The van der Waals surface area contributed by atoms with Crippen molar-refractivity contribution in [2.75, 3.05) is 27.2 Å². The van der Waals surface area contributed by atoms with Gasteiger partial charge in [0.2, 0.25) is 0 Å². The van der Waals surface area contributed by atoms with Crippen LogP contribution in [0, 0.1) is 0 Å². The molecule has 4 nitrogen and oxygen atoms in total. The first-order chi connectivity index (χ1) is 6.33. The molecule has 0 bridgehead atoms. The van der Waals surface area contributed by atoms with Crippen LogP contribution in [0.25, 0.3) is 0 Å². The van der Waals surface area contributed by atoms with Crippen molar-refractivity contribution in [3.63, 3.8) is 0 Å². The zero-order chi connectivity index (χ0) is 9.52. The minimum atomic E-state index is 0.808. The molecule has 0 fully saturated rings. The van der Waals surface area contributed by atoms with E-state index in [1.54, 1.807) is 12.4 Å². The first-order valence-corrected chi connectivity index (χ1v) is 4.42. The Balaban J connectivity index is 2.32. The fourth-order valence-corrected chi connectivity index (χ4v) is 1.03. The molecule has 1 aromatic heterocycles. The van der Waals surface area contributed by atoms with Crippen LogP contribution >= 0.6 is 0 Å². The van der Waals surface area contributed by atoms with Gasteiger partial charge in [0.25, 0.3) is 0 Å². The SMILES string of the molecule is CNCCN(C)Cc1ncccn1. The quantitative estimate of drug-likeness (QED) is 0.699. The van der Waals surface area contributed by atoms with E-state index in [0.717, 1.165) is 25.5 Å². The number of rotatable bonds is 5. The highest BCUT2D eigenvalue weighted by atomic mass is 15.1.